The van der Waals surface area contributed by atoms with Crippen LogP contribution >= 0.6 is 0 Å². The zero-order chi connectivity index (χ0) is 22.2. The first-order valence-corrected chi connectivity index (χ1v) is 11.9. The minimum absolute atomic E-state index is 0.0374. The van der Waals surface area contributed by atoms with Crippen LogP contribution in [0.5, 0.6) is 0 Å². The van der Waals surface area contributed by atoms with Crippen molar-refractivity contribution in [3.63, 3.8) is 0 Å². The van der Waals surface area contributed by atoms with Crippen LogP contribution in [0, 0.1) is 5.82 Å². The Morgan fingerprint density at radius 3 is 2.58 bits per heavy atom. The lowest BCUT2D eigenvalue weighted by Crippen LogP contribution is -2.57. The molecule has 0 atom stereocenters. The standard InChI is InChI=1S/C22H24FN3O4S/c1-3-22(4-2)14-26(11-12-31(22,28)29)21(27)24-17-9-10-18-19(13-17)30-20(25-18)15-5-7-16(23)8-6-15/h5-10,13H,3-4,11-12,14H2,1-2H3,(H,24,27). The summed E-state index contributed by atoms with van der Waals surface area (Å²) in [6.07, 6.45) is 0.928. The molecule has 31 heavy (non-hydrogen) atoms. The van der Waals surface area contributed by atoms with Crippen LogP contribution in [0.4, 0.5) is 14.9 Å². The van der Waals surface area contributed by atoms with E-state index in [9.17, 15) is 17.6 Å². The van der Waals surface area contributed by atoms with Gasteiger partial charge in [-0.1, -0.05) is 13.8 Å². The van der Waals surface area contributed by atoms with Gasteiger partial charge in [0.15, 0.2) is 15.4 Å². The summed E-state index contributed by atoms with van der Waals surface area (Å²) in [5.74, 6) is -0.0227. The van der Waals surface area contributed by atoms with Crippen LogP contribution in [0.2, 0.25) is 0 Å². The van der Waals surface area contributed by atoms with E-state index in [0.29, 0.717) is 41.1 Å². The minimum atomic E-state index is -3.25. The molecule has 1 aromatic heterocycles. The largest absolute Gasteiger partial charge is 0.436 e. The number of halogens is 1. The first-order valence-electron chi connectivity index (χ1n) is 10.2. The van der Waals surface area contributed by atoms with Crippen molar-refractivity contribution in [3.8, 4) is 11.5 Å². The summed E-state index contributed by atoms with van der Waals surface area (Å²) < 4.78 is 43.2. The van der Waals surface area contributed by atoms with Crippen molar-refractivity contribution in [1.29, 1.82) is 0 Å². The fourth-order valence-corrected chi connectivity index (χ4v) is 6.11. The lowest BCUT2D eigenvalue weighted by molar-refractivity contribution is 0.201. The zero-order valence-corrected chi connectivity index (χ0v) is 18.2. The Bertz CT molecular complexity index is 1220. The minimum Gasteiger partial charge on any atom is -0.436 e. The predicted molar refractivity (Wildman–Crippen MR) is 117 cm³/mol. The molecule has 4 rings (SSSR count). The molecule has 2 amide bonds. The second-order valence-corrected chi connectivity index (χ2v) is 10.3. The molecule has 0 unspecified atom stereocenters. The van der Waals surface area contributed by atoms with E-state index in [1.54, 1.807) is 35.2 Å². The predicted octanol–water partition coefficient (Wildman–Crippen LogP) is 4.46. The van der Waals surface area contributed by atoms with E-state index < -0.39 is 14.6 Å². The van der Waals surface area contributed by atoms with Crippen LogP contribution in [0.15, 0.2) is 46.9 Å². The van der Waals surface area contributed by atoms with Gasteiger partial charge in [-0.25, -0.2) is 22.6 Å². The van der Waals surface area contributed by atoms with Gasteiger partial charge in [0.25, 0.3) is 0 Å². The number of nitrogens with one attached hydrogen (secondary N) is 1. The third-order valence-corrected chi connectivity index (χ3v) is 8.82. The number of benzene rings is 2. The number of carbonyl (C=O) groups is 1. The van der Waals surface area contributed by atoms with Crippen molar-refractivity contribution >= 4 is 32.7 Å². The smallest absolute Gasteiger partial charge is 0.321 e. The average molecular weight is 446 g/mol. The maximum Gasteiger partial charge on any atom is 0.321 e. The number of amides is 2. The zero-order valence-electron chi connectivity index (χ0n) is 17.4. The van der Waals surface area contributed by atoms with Crippen molar-refractivity contribution < 1.29 is 22.0 Å². The van der Waals surface area contributed by atoms with E-state index in [4.69, 9.17) is 4.42 Å². The van der Waals surface area contributed by atoms with Crippen LogP contribution in [-0.2, 0) is 9.84 Å². The second kappa shape index (κ2) is 7.96. The topological polar surface area (TPSA) is 92.5 Å². The third kappa shape index (κ3) is 3.89. The summed E-state index contributed by atoms with van der Waals surface area (Å²) in [6, 6.07) is 10.6. The first-order chi connectivity index (χ1) is 14.8. The van der Waals surface area contributed by atoms with Gasteiger partial charge in [0.1, 0.15) is 11.3 Å². The van der Waals surface area contributed by atoms with Crippen LogP contribution in [-0.4, -0.2) is 47.9 Å². The van der Waals surface area contributed by atoms with Crippen molar-refractivity contribution in [3.05, 3.63) is 48.3 Å². The molecule has 1 saturated heterocycles. The molecule has 0 bridgehead atoms. The average Bonchev–Trinajstić information content (AvgIpc) is 3.17. The maximum atomic E-state index is 13.1. The quantitative estimate of drug-likeness (QED) is 0.640. The number of aromatic nitrogens is 1. The molecular weight excluding hydrogens is 421 g/mol. The maximum absolute atomic E-state index is 13.1. The monoisotopic (exact) mass is 445 g/mol. The van der Waals surface area contributed by atoms with Crippen molar-refractivity contribution in [2.75, 3.05) is 24.2 Å². The van der Waals surface area contributed by atoms with E-state index in [0.717, 1.165) is 0 Å². The number of oxazole rings is 1. The Labute approximate surface area is 180 Å². The Hall–Kier alpha value is -2.94. The van der Waals surface area contributed by atoms with E-state index in [-0.39, 0.29) is 30.7 Å². The molecule has 7 nitrogen and oxygen atoms in total. The first kappa shape index (κ1) is 21.3. The van der Waals surface area contributed by atoms with Gasteiger partial charge < -0.3 is 14.6 Å². The number of sulfone groups is 1. The van der Waals surface area contributed by atoms with Crippen LogP contribution < -0.4 is 5.32 Å². The number of nitrogens with zero attached hydrogens (tertiary/aromatic N) is 2. The highest BCUT2D eigenvalue weighted by Gasteiger charge is 2.46. The Morgan fingerprint density at radius 1 is 1.19 bits per heavy atom. The van der Waals surface area contributed by atoms with Crippen LogP contribution in [0.1, 0.15) is 26.7 Å². The molecule has 1 fully saturated rings. The summed E-state index contributed by atoms with van der Waals surface area (Å²) in [6.45, 7) is 4.03. The highest BCUT2D eigenvalue weighted by atomic mass is 32.2. The van der Waals surface area contributed by atoms with Crippen molar-refractivity contribution in [2.24, 2.45) is 0 Å². The molecule has 1 aliphatic heterocycles. The van der Waals surface area contributed by atoms with Gasteiger partial charge in [-0.2, -0.15) is 0 Å². The summed E-state index contributed by atoms with van der Waals surface area (Å²) in [5.41, 5.74) is 2.26. The molecule has 1 N–H and O–H groups in total. The lowest BCUT2D eigenvalue weighted by atomic mass is 10.0. The third-order valence-electron chi connectivity index (χ3n) is 6.08. The van der Waals surface area contributed by atoms with E-state index in [2.05, 4.69) is 10.3 Å². The van der Waals surface area contributed by atoms with Gasteiger partial charge in [-0.05, 0) is 49.2 Å². The van der Waals surface area contributed by atoms with Gasteiger partial charge in [0, 0.05) is 30.4 Å². The summed E-state index contributed by atoms with van der Waals surface area (Å²) >= 11 is 0. The van der Waals surface area contributed by atoms with Gasteiger partial charge >= 0.3 is 6.03 Å². The van der Waals surface area contributed by atoms with Crippen LogP contribution in [0.3, 0.4) is 0 Å². The van der Waals surface area contributed by atoms with Gasteiger partial charge in [-0.3, -0.25) is 0 Å². The number of fused-ring (bicyclic) bond motifs is 1. The fraction of sp³-hybridized carbons (Fsp3) is 0.364. The molecule has 0 aliphatic carbocycles. The molecular formula is C22H24FN3O4S. The molecule has 1 aliphatic rings. The van der Waals surface area contributed by atoms with Crippen LogP contribution in [0.25, 0.3) is 22.6 Å². The Kier molecular flexibility index (Phi) is 5.47. The Morgan fingerprint density at radius 2 is 1.90 bits per heavy atom. The summed E-state index contributed by atoms with van der Waals surface area (Å²) in [5, 5.41) is 2.83. The lowest BCUT2D eigenvalue weighted by Gasteiger charge is -2.41. The highest BCUT2D eigenvalue weighted by molar-refractivity contribution is 7.92. The van der Waals surface area contributed by atoms with Gasteiger partial charge in [0.2, 0.25) is 5.89 Å². The molecule has 0 saturated carbocycles. The highest BCUT2D eigenvalue weighted by Crippen LogP contribution is 2.32. The van der Waals surface area contributed by atoms with E-state index in [1.807, 2.05) is 13.8 Å². The number of urea groups is 1. The second-order valence-electron chi connectivity index (χ2n) is 7.77. The fourth-order valence-electron chi connectivity index (χ4n) is 3.98. The number of anilines is 1. The van der Waals surface area contributed by atoms with E-state index in [1.165, 1.54) is 12.1 Å². The molecule has 2 aromatic carbocycles. The van der Waals surface area contributed by atoms with Gasteiger partial charge in [0.05, 0.1) is 10.5 Å². The number of rotatable bonds is 4. The van der Waals surface area contributed by atoms with Crippen molar-refractivity contribution in [1.82, 2.24) is 9.88 Å². The SMILES string of the molecule is CCC1(CC)CN(C(=O)Nc2ccc3nc(-c4ccc(F)cc4)oc3c2)CCS1(=O)=O. The Balaban J connectivity index is 1.53. The molecule has 0 spiro atoms. The summed E-state index contributed by atoms with van der Waals surface area (Å²) in [7, 11) is -3.25. The molecule has 164 valence electrons. The number of hydrogen-bond acceptors (Lipinski definition) is 5. The molecule has 3 aromatic rings. The van der Waals surface area contributed by atoms with Crippen molar-refractivity contribution in [2.45, 2.75) is 31.4 Å². The molecule has 9 heteroatoms. The summed E-state index contributed by atoms with van der Waals surface area (Å²) in [4.78, 5) is 18.8. The molecule has 2 heterocycles. The van der Waals surface area contributed by atoms with E-state index >= 15 is 0 Å². The number of hydrogen-bond donors (Lipinski definition) is 1. The van der Waals surface area contributed by atoms with Gasteiger partial charge in [-0.15, -0.1) is 0 Å². The number of carbonyl (C=O) groups excluding carboxylic acids is 1. The molecule has 0 radical (unpaired) electrons. The normalized spacial score (nSPS) is 17.6.